The molecule has 1 unspecified atom stereocenters. The summed E-state index contributed by atoms with van der Waals surface area (Å²) < 4.78 is 8.24. The lowest BCUT2D eigenvalue weighted by Crippen LogP contribution is -2.33. The number of nitrogens with one attached hydrogen (secondary N) is 1. The number of fused-ring (bicyclic) bond motifs is 1. The number of hydrogen-bond acceptors (Lipinski definition) is 6. The predicted octanol–water partition coefficient (Wildman–Crippen LogP) is 6.72. The molecule has 0 aromatic heterocycles. The number of ether oxygens (including phenoxy) is 1. The van der Waals surface area contributed by atoms with Crippen molar-refractivity contribution in [1.82, 2.24) is 9.31 Å². The van der Waals surface area contributed by atoms with Gasteiger partial charge in [-0.2, -0.15) is 4.41 Å². The fraction of sp³-hybridized carbons (Fsp3) is 0.379. The second-order valence-electron chi connectivity index (χ2n) is 10.2. The highest BCUT2D eigenvalue weighted by Crippen LogP contribution is 2.38. The van der Waals surface area contributed by atoms with E-state index >= 15 is 0 Å². The quantitative estimate of drug-likeness (QED) is 0.240. The molecule has 1 atom stereocenters. The number of halogens is 1. The standard InChI is InChI=1S/C29H34ClN3O2S/c1-29(2,34)23-14-16-32(20-23)15-7-17-35-26-12-6-11-25(28(26)30)21-9-5-10-24(18-21)31-33-19-22-8-3-4-13-27(22)36-33/h3-6,8-13,18,23,31,34H,7,14-17,19-20H2,1-2H3. The molecule has 2 N–H and O–H groups in total. The van der Waals surface area contributed by atoms with Crippen molar-refractivity contribution in [3.63, 3.8) is 0 Å². The summed E-state index contributed by atoms with van der Waals surface area (Å²) in [5.41, 5.74) is 7.27. The largest absolute Gasteiger partial charge is 0.492 e. The van der Waals surface area contributed by atoms with Gasteiger partial charge in [0, 0.05) is 29.5 Å². The first-order chi connectivity index (χ1) is 17.4. The van der Waals surface area contributed by atoms with Crippen LogP contribution in [0.2, 0.25) is 5.02 Å². The van der Waals surface area contributed by atoms with Crippen molar-refractivity contribution in [2.75, 3.05) is 31.7 Å². The number of likely N-dealkylation sites (tertiary alicyclic amines) is 1. The molecule has 0 amide bonds. The summed E-state index contributed by atoms with van der Waals surface area (Å²) in [6, 6.07) is 22.8. The summed E-state index contributed by atoms with van der Waals surface area (Å²) in [7, 11) is 0. The fourth-order valence-electron chi connectivity index (χ4n) is 4.92. The summed E-state index contributed by atoms with van der Waals surface area (Å²) in [5.74, 6) is 1.06. The fourth-order valence-corrected chi connectivity index (χ4v) is 6.19. The van der Waals surface area contributed by atoms with Crippen LogP contribution in [0.25, 0.3) is 11.1 Å². The highest BCUT2D eigenvalue weighted by molar-refractivity contribution is 7.97. The topological polar surface area (TPSA) is 48.0 Å². The lowest BCUT2D eigenvalue weighted by atomic mass is 9.90. The SMILES string of the molecule is CC(C)(O)C1CCN(CCCOc2cccc(-c3cccc(NN4Cc5ccccc5S4)c3)c2Cl)C1. The zero-order chi connectivity index (χ0) is 25.1. The molecule has 190 valence electrons. The van der Waals surface area contributed by atoms with Crippen molar-refractivity contribution in [1.29, 1.82) is 0 Å². The number of benzene rings is 3. The van der Waals surface area contributed by atoms with E-state index in [-0.39, 0.29) is 0 Å². The van der Waals surface area contributed by atoms with E-state index in [1.54, 1.807) is 11.9 Å². The molecule has 2 aliphatic rings. The van der Waals surface area contributed by atoms with Gasteiger partial charge in [0.2, 0.25) is 0 Å². The maximum Gasteiger partial charge on any atom is 0.138 e. The van der Waals surface area contributed by atoms with Gasteiger partial charge in [0.05, 0.1) is 29.5 Å². The minimum Gasteiger partial charge on any atom is -0.492 e. The van der Waals surface area contributed by atoms with E-state index in [4.69, 9.17) is 16.3 Å². The van der Waals surface area contributed by atoms with Gasteiger partial charge in [-0.15, -0.1) is 0 Å². The molecule has 1 fully saturated rings. The number of anilines is 1. The molecule has 1 saturated heterocycles. The van der Waals surface area contributed by atoms with Crippen molar-refractivity contribution >= 4 is 29.2 Å². The highest BCUT2D eigenvalue weighted by atomic mass is 35.5. The Morgan fingerprint density at radius 1 is 1.11 bits per heavy atom. The number of hydrazine groups is 1. The molecule has 0 aliphatic carbocycles. The summed E-state index contributed by atoms with van der Waals surface area (Å²) in [4.78, 5) is 3.70. The number of rotatable bonds is 9. The molecule has 7 heteroatoms. The molecule has 0 spiro atoms. The molecule has 5 rings (SSSR count). The van der Waals surface area contributed by atoms with E-state index in [1.165, 1.54) is 10.5 Å². The Labute approximate surface area is 223 Å². The Hall–Kier alpha value is -2.22. The first-order valence-corrected chi connectivity index (χ1v) is 13.8. The Bertz CT molecular complexity index is 1170. The first-order valence-electron chi connectivity index (χ1n) is 12.6. The van der Waals surface area contributed by atoms with Gasteiger partial charge >= 0.3 is 0 Å². The average molecular weight is 524 g/mol. The van der Waals surface area contributed by atoms with Crippen LogP contribution in [0.1, 0.15) is 32.3 Å². The first kappa shape index (κ1) is 25.4. The third-order valence-corrected chi connectivity index (χ3v) is 8.46. The van der Waals surface area contributed by atoms with Crippen LogP contribution in [0.15, 0.2) is 71.6 Å². The Morgan fingerprint density at radius 3 is 2.75 bits per heavy atom. The van der Waals surface area contributed by atoms with E-state index < -0.39 is 5.60 Å². The predicted molar refractivity (Wildman–Crippen MR) is 149 cm³/mol. The molecule has 5 nitrogen and oxygen atoms in total. The van der Waals surface area contributed by atoms with Crippen LogP contribution in [-0.2, 0) is 6.54 Å². The lowest BCUT2D eigenvalue weighted by molar-refractivity contribution is 0.0209. The molecular formula is C29H34ClN3O2S. The van der Waals surface area contributed by atoms with Crippen LogP contribution < -0.4 is 10.2 Å². The molecule has 0 saturated carbocycles. The molecule has 2 heterocycles. The second kappa shape index (κ2) is 11.0. The van der Waals surface area contributed by atoms with Gasteiger partial charge in [0.1, 0.15) is 5.75 Å². The lowest BCUT2D eigenvalue weighted by Gasteiger charge is -2.25. The van der Waals surface area contributed by atoms with Crippen molar-refractivity contribution in [3.05, 3.63) is 77.3 Å². The number of nitrogens with zero attached hydrogens (tertiary/aromatic N) is 2. The van der Waals surface area contributed by atoms with Crippen molar-refractivity contribution in [3.8, 4) is 16.9 Å². The van der Waals surface area contributed by atoms with Crippen LogP contribution in [0.4, 0.5) is 5.69 Å². The van der Waals surface area contributed by atoms with Gasteiger partial charge < -0.3 is 20.2 Å². The van der Waals surface area contributed by atoms with Crippen LogP contribution in [0, 0.1) is 5.92 Å². The van der Waals surface area contributed by atoms with Gasteiger partial charge in [0.25, 0.3) is 0 Å². The second-order valence-corrected chi connectivity index (χ2v) is 11.6. The average Bonchev–Trinajstić information content (AvgIpc) is 3.49. The molecule has 3 aromatic carbocycles. The smallest absolute Gasteiger partial charge is 0.138 e. The molecule has 36 heavy (non-hydrogen) atoms. The van der Waals surface area contributed by atoms with Gasteiger partial charge in [0.15, 0.2) is 0 Å². The third kappa shape index (κ3) is 6.01. The summed E-state index contributed by atoms with van der Waals surface area (Å²) in [6.45, 7) is 8.25. The molecule has 0 bridgehead atoms. The Morgan fingerprint density at radius 2 is 1.94 bits per heavy atom. The molecule has 2 aliphatic heterocycles. The van der Waals surface area contributed by atoms with Crippen LogP contribution >= 0.6 is 23.5 Å². The normalized spacial score (nSPS) is 18.4. The van der Waals surface area contributed by atoms with E-state index in [9.17, 15) is 5.11 Å². The van der Waals surface area contributed by atoms with E-state index in [0.717, 1.165) is 55.8 Å². The minimum atomic E-state index is -0.607. The maximum atomic E-state index is 10.3. The van der Waals surface area contributed by atoms with Crippen molar-refractivity contribution < 1.29 is 9.84 Å². The summed E-state index contributed by atoms with van der Waals surface area (Å²) in [6.07, 6.45) is 1.98. The zero-order valence-corrected chi connectivity index (χ0v) is 22.5. The van der Waals surface area contributed by atoms with Crippen molar-refractivity contribution in [2.45, 2.75) is 43.7 Å². The van der Waals surface area contributed by atoms with Crippen LogP contribution in [-0.4, -0.2) is 46.3 Å². The van der Waals surface area contributed by atoms with E-state index in [1.807, 2.05) is 38.1 Å². The minimum absolute atomic E-state index is 0.342. The van der Waals surface area contributed by atoms with Gasteiger partial charge in [-0.25, -0.2) is 0 Å². The number of aliphatic hydroxyl groups is 1. The number of hydrogen-bond donors (Lipinski definition) is 2. The van der Waals surface area contributed by atoms with Crippen LogP contribution in [0.5, 0.6) is 5.75 Å². The zero-order valence-electron chi connectivity index (χ0n) is 20.9. The Balaban J connectivity index is 1.17. The highest BCUT2D eigenvalue weighted by Gasteiger charge is 2.33. The molecule has 0 radical (unpaired) electrons. The summed E-state index contributed by atoms with van der Waals surface area (Å²) >= 11 is 8.52. The molecule has 3 aromatic rings. The van der Waals surface area contributed by atoms with Crippen LogP contribution in [0.3, 0.4) is 0 Å². The van der Waals surface area contributed by atoms with E-state index in [2.05, 4.69) is 57.2 Å². The van der Waals surface area contributed by atoms with Gasteiger partial charge in [-0.3, -0.25) is 0 Å². The molecular weight excluding hydrogens is 490 g/mol. The third-order valence-electron chi connectivity index (χ3n) is 7.03. The van der Waals surface area contributed by atoms with Crippen molar-refractivity contribution in [2.24, 2.45) is 5.92 Å². The van der Waals surface area contributed by atoms with Gasteiger partial charge in [-0.1, -0.05) is 54.1 Å². The maximum absolute atomic E-state index is 10.3. The van der Waals surface area contributed by atoms with E-state index in [0.29, 0.717) is 23.3 Å². The summed E-state index contributed by atoms with van der Waals surface area (Å²) in [5, 5.41) is 10.9. The van der Waals surface area contributed by atoms with Gasteiger partial charge in [-0.05, 0) is 80.6 Å². The Kier molecular flexibility index (Phi) is 7.79. The monoisotopic (exact) mass is 523 g/mol.